The first kappa shape index (κ1) is 16.2. The third-order valence-electron chi connectivity index (χ3n) is 3.15. The second-order valence-corrected chi connectivity index (χ2v) is 6.05. The quantitative estimate of drug-likeness (QED) is 0.756. The maximum absolute atomic E-state index is 12.2. The molecule has 4 heteroatoms. The lowest BCUT2D eigenvalue weighted by Gasteiger charge is -2.24. The van der Waals surface area contributed by atoms with E-state index in [1.165, 1.54) is 0 Å². The first-order valence-electron chi connectivity index (χ1n) is 6.73. The first-order valence-corrected chi connectivity index (χ1v) is 7.53. The van der Waals surface area contributed by atoms with Gasteiger partial charge < -0.3 is 10.6 Å². The van der Waals surface area contributed by atoms with Gasteiger partial charge in [-0.1, -0.05) is 35.0 Å². The lowest BCUT2D eigenvalue weighted by atomic mass is 9.84. The van der Waals surface area contributed by atoms with Crippen LogP contribution in [0.25, 0.3) is 0 Å². The van der Waals surface area contributed by atoms with Crippen LogP contribution in [-0.4, -0.2) is 25.5 Å². The van der Waals surface area contributed by atoms with Gasteiger partial charge in [0.15, 0.2) is 0 Å². The number of amides is 1. The molecule has 19 heavy (non-hydrogen) atoms. The Bertz CT molecular complexity index is 401. The largest absolute Gasteiger partial charge is 0.354 e. The summed E-state index contributed by atoms with van der Waals surface area (Å²) in [6.07, 6.45) is 1.11. The van der Waals surface area contributed by atoms with Crippen LogP contribution in [0.15, 0.2) is 28.7 Å². The fraction of sp³-hybridized carbons (Fsp3) is 0.533. The van der Waals surface area contributed by atoms with E-state index in [1.807, 2.05) is 38.1 Å². The minimum atomic E-state index is -0.508. The summed E-state index contributed by atoms with van der Waals surface area (Å²) in [4.78, 5) is 12.2. The van der Waals surface area contributed by atoms with Gasteiger partial charge in [-0.3, -0.25) is 4.79 Å². The van der Waals surface area contributed by atoms with Crippen molar-refractivity contribution in [2.24, 2.45) is 0 Å². The van der Waals surface area contributed by atoms with Gasteiger partial charge >= 0.3 is 0 Å². The molecule has 0 aromatic heterocycles. The molecule has 0 atom stereocenters. The summed E-state index contributed by atoms with van der Waals surface area (Å²) < 4.78 is 1.02. The molecule has 1 aromatic rings. The number of hydrogen-bond donors (Lipinski definition) is 2. The Kier molecular flexibility index (Phi) is 6.52. The van der Waals surface area contributed by atoms with E-state index in [1.54, 1.807) is 0 Å². The number of carbonyl (C=O) groups is 1. The van der Waals surface area contributed by atoms with Crippen LogP contribution in [0.4, 0.5) is 0 Å². The molecule has 0 radical (unpaired) electrons. The molecule has 0 heterocycles. The Morgan fingerprint density at radius 3 is 2.37 bits per heavy atom. The van der Waals surface area contributed by atoms with E-state index in [4.69, 9.17) is 0 Å². The van der Waals surface area contributed by atoms with Crippen LogP contribution < -0.4 is 10.6 Å². The third-order valence-corrected chi connectivity index (χ3v) is 3.68. The zero-order valence-corrected chi connectivity index (χ0v) is 13.5. The molecule has 0 spiro atoms. The number of nitrogens with one attached hydrogen (secondary N) is 2. The van der Waals surface area contributed by atoms with E-state index >= 15 is 0 Å². The van der Waals surface area contributed by atoms with Gasteiger partial charge in [0.1, 0.15) is 0 Å². The molecule has 2 N–H and O–H groups in total. The van der Waals surface area contributed by atoms with Crippen molar-refractivity contribution in [2.75, 3.05) is 19.6 Å². The highest BCUT2D eigenvalue weighted by atomic mass is 79.9. The highest BCUT2D eigenvalue weighted by Gasteiger charge is 2.29. The van der Waals surface area contributed by atoms with Crippen LogP contribution >= 0.6 is 15.9 Å². The van der Waals surface area contributed by atoms with Gasteiger partial charge in [-0.05, 0) is 44.5 Å². The summed E-state index contributed by atoms with van der Waals surface area (Å²) in [5, 5.41) is 6.25. The molecule has 1 amide bonds. The fourth-order valence-corrected chi connectivity index (χ4v) is 2.05. The van der Waals surface area contributed by atoms with Crippen molar-refractivity contribution in [1.82, 2.24) is 10.6 Å². The number of benzene rings is 1. The van der Waals surface area contributed by atoms with Crippen LogP contribution in [0, 0.1) is 0 Å². The molecule has 1 rings (SSSR count). The monoisotopic (exact) mass is 326 g/mol. The smallest absolute Gasteiger partial charge is 0.230 e. The molecular formula is C15H23BrN2O. The van der Waals surface area contributed by atoms with E-state index in [9.17, 15) is 4.79 Å². The molecule has 1 aromatic carbocycles. The summed E-state index contributed by atoms with van der Waals surface area (Å²) in [6, 6.07) is 7.90. The molecule has 0 saturated carbocycles. The highest BCUT2D eigenvalue weighted by Crippen LogP contribution is 2.24. The van der Waals surface area contributed by atoms with Gasteiger partial charge in [-0.25, -0.2) is 0 Å². The van der Waals surface area contributed by atoms with E-state index < -0.39 is 5.41 Å². The van der Waals surface area contributed by atoms with Gasteiger partial charge in [-0.15, -0.1) is 0 Å². The molecule has 0 aliphatic heterocycles. The molecule has 106 valence electrons. The summed E-state index contributed by atoms with van der Waals surface area (Å²) >= 11 is 3.41. The Labute approximate surface area is 124 Å². The van der Waals surface area contributed by atoms with Crippen molar-refractivity contribution in [1.29, 1.82) is 0 Å². The molecular weight excluding hydrogens is 304 g/mol. The minimum absolute atomic E-state index is 0.0631. The number of carbonyl (C=O) groups excluding carboxylic acids is 1. The van der Waals surface area contributed by atoms with Gasteiger partial charge in [0.2, 0.25) is 5.91 Å². The van der Waals surface area contributed by atoms with E-state index in [2.05, 4.69) is 33.5 Å². The van der Waals surface area contributed by atoms with Gasteiger partial charge in [0, 0.05) is 17.6 Å². The van der Waals surface area contributed by atoms with E-state index in [0.29, 0.717) is 6.54 Å². The zero-order valence-electron chi connectivity index (χ0n) is 11.9. The fourth-order valence-electron chi connectivity index (χ4n) is 1.78. The second-order valence-electron chi connectivity index (χ2n) is 5.14. The summed E-state index contributed by atoms with van der Waals surface area (Å²) in [5.41, 5.74) is 0.514. The molecule has 0 aliphatic carbocycles. The predicted molar refractivity (Wildman–Crippen MR) is 83.3 cm³/mol. The van der Waals surface area contributed by atoms with Crippen molar-refractivity contribution in [3.63, 3.8) is 0 Å². The Hall–Kier alpha value is -0.870. The molecule has 0 aliphatic rings. The summed E-state index contributed by atoms with van der Waals surface area (Å²) in [5.74, 6) is 0.0631. The van der Waals surface area contributed by atoms with Crippen LogP contribution in [0.5, 0.6) is 0 Å². The Morgan fingerprint density at radius 2 is 1.79 bits per heavy atom. The third kappa shape index (κ3) is 4.96. The van der Waals surface area contributed by atoms with Gasteiger partial charge in [-0.2, -0.15) is 0 Å². The molecule has 0 bridgehead atoms. The average Bonchev–Trinajstić information content (AvgIpc) is 2.38. The first-order chi connectivity index (χ1) is 8.98. The van der Waals surface area contributed by atoms with Crippen LogP contribution in [0.2, 0.25) is 0 Å². The van der Waals surface area contributed by atoms with Crippen molar-refractivity contribution < 1.29 is 4.79 Å². The van der Waals surface area contributed by atoms with Crippen LogP contribution in [0.3, 0.4) is 0 Å². The lowest BCUT2D eigenvalue weighted by molar-refractivity contribution is -0.125. The Morgan fingerprint density at radius 1 is 1.16 bits per heavy atom. The van der Waals surface area contributed by atoms with Crippen molar-refractivity contribution >= 4 is 21.8 Å². The van der Waals surface area contributed by atoms with Gasteiger partial charge in [0.25, 0.3) is 0 Å². The number of hydrogen-bond acceptors (Lipinski definition) is 2. The van der Waals surface area contributed by atoms with Gasteiger partial charge in [0.05, 0.1) is 5.41 Å². The zero-order chi connectivity index (χ0) is 14.3. The van der Waals surface area contributed by atoms with E-state index in [0.717, 1.165) is 29.5 Å². The normalized spacial score (nSPS) is 11.4. The number of halogens is 1. The maximum atomic E-state index is 12.2. The minimum Gasteiger partial charge on any atom is -0.354 e. The van der Waals surface area contributed by atoms with E-state index in [-0.39, 0.29) is 5.91 Å². The standard InChI is InChI=1S/C15H23BrN2O/c1-4-9-17-10-11-18-14(19)15(2,3)12-5-7-13(16)8-6-12/h5-8,17H,4,9-11H2,1-3H3,(H,18,19). The Balaban J connectivity index is 2.52. The van der Waals surface area contributed by atoms with Crippen molar-refractivity contribution in [3.8, 4) is 0 Å². The highest BCUT2D eigenvalue weighted by molar-refractivity contribution is 9.10. The predicted octanol–water partition coefficient (Wildman–Crippen LogP) is 2.84. The van der Waals surface area contributed by atoms with Crippen LogP contribution in [-0.2, 0) is 10.2 Å². The molecule has 0 saturated heterocycles. The van der Waals surface area contributed by atoms with Crippen LogP contribution in [0.1, 0.15) is 32.8 Å². The molecule has 3 nitrogen and oxygen atoms in total. The molecule has 0 unspecified atom stereocenters. The summed E-state index contributed by atoms with van der Waals surface area (Å²) in [6.45, 7) is 8.50. The lowest BCUT2D eigenvalue weighted by Crippen LogP contribution is -2.42. The summed E-state index contributed by atoms with van der Waals surface area (Å²) in [7, 11) is 0. The maximum Gasteiger partial charge on any atom is 0.230 e. The SMILES string of the molecule is CCCNCCNC(=O)C(C)(C)c1ccc(Br)cc1. The van der Waals surface area contributed by atoms with Crippen molar-refractivity contribution in [2.45, 2.75) is 32.6 Å². The van der Waals surface area contributed by atoms with Crippen molar-refractivity contribution in [3.05, 3.63) is 34.3 Å². The second kappa shape index (κ2) is 7.65. The average molecular weight is 327 g/mol. The number of rotatable bonds is 7. The topological polar surface area (TPSA) is 41.1 Å². The molecule has 0 fully saturated rings.